The first-order valence-electron chi connectivity index (χ1n) is 5.90. The van der Waals surface area contributed by atoms with E-state index in [0.717, 1.165) is 12.4 Å². The summed E-state index contributed by atoms with van der Waals surface area (Å²) >= 11 is 0. The predicted molar refractivity (Wildman–Crippen MR) is 66.3 cm³/mol. The molecule has 0 aromatic carbocycles. The van der Waals surface area contributed by atoms with Crippen LogP contribution >= 0.6 is 0 Å². The summed E-state index contributed by atoms with van der Waals surface area (Å²) in [4.78, 5) is 41.6. The van der Waals surface area contributed by atoms with Gasteiger partial charge in [0.2, 0.25) is 5.78 Å². The second kappa shape index (κ2) is 7.64. The lowest BCUT2D eigenvalue weighted by Crippen LogP contribution is -2.32. The first-order chi connectivity index (χ1) is 9.90. The van der Waals surface area contributed by atoms with Crippen LogP contribution in [0.3, 0.4) is 0 Å². The van der Waals surface area contributed by atoms with Crippen LogP contribution in [0, 0.1) is 0 Å². The van der Waals surface area contributed by atoms with Gasteiger partial charge in [-0.2, -0.15) is 0 Å². The topological polar surface area (TPSA) is 158 Å². The molecule has 0 bridgehead atoms. The third kappa shape index (κ3) is 4.46. The van der Waals surface area contributed by atoms with Crippen molar-refractivity contribution in [1.29, 1.82) is 0 Å². The van der Waals surface area contributed by atoms with Gasteiger partial charge in [0, 0.05) is 6.20 Å². The van der Waals surface area contributed by atoms with Gasteiger partial charge >= 0.3 is 0 Å². The molecule has 2 atom stereocenters. The summed E-state index contributed by atoms with van der Waals surface area (Å²) in [6.07, 6.45) is -1.63. The third-order valence-corrected chi connectivity index (χ3v) is 2.54. The fourth-order valence-electron chi connectivity index (χ4n) is 1.32. The van der Waals surface area contributed by atoms with Gasteiger partial charge in [0.1, 0.15) is 17.9 Å². The summed E-state index contributed by atoms with van der Waals surface area (Å²) in [5.41, 5.74) is -0.203. The molecule has 1 aromatic rings. The van der Waals surface area contributed by atoms with Gasteiger partial charge in [0.15, 0.2) is 5.78 Å². The van der Waals surface area contributed by atoms with E-state index in [4.69, 9.17) is 20.4 Å². The van der Waals surface area contributed by atoms with Crippen LogP contribution in [-0.2, 0) is 16.0 Å². The molecule has 4 N–H and O–H groups in total. The smallest absolute Gasteiger partial charge is 0.251 e. The summed E-state index contributed by atoms with van der Waals surface area (Å²) in [5, 5.41) is 35.3. The maximum absolute atomic E-state index is 11.6. The van der Waals surface area contributed by atoms with Crippen molar-refractivity contribution in [2.24, 2.45) is 0 Å². The van der Waals surface area contributed by atoms with Gasteiger partial charge in [0.25, 0.3) is 5.78 Å². The Hall–Kier alpha value is -2.07. The number of nitrogens with zero attached hydrogens (tertiary/aromatic N) is 2. The van der Waals surface area contributed by atoms with Gasteiger partial charge in [-0.1, -0.05) is 0 Å². The molecule has 0 aliphatic rings. The molecule has 0 aliphatic heterocycles. The van der Waals surface area contributed by atoms with Gasteiger partial charge in [-0.15, -0.1) is 0 Å². The van der Waals surface area contributed by atoms with Crippen molar-refractivity contribution in [2.75, 3.05) is 13.2 Å². The molecule has 114 valence electrons. The Bertz CT molecular complexity index is 529. The van der Waals surface area contributed by atoms with Crippen molar-refractivity contribution in [3.63, 3.8) is 0 Å². The molecule has 1 heterocycles. The standard InChI is InChI=1S/C12H14N2O7/c15-4-9(18)8(17)1-6-2-14-7(3-13-6)11(20)12(21)10(19)5-16/h2-3,9-10,15-16,18-19H,1,4-5H2/t9-,10-/m1/s1. The molecule has 0 unspecified atom stereocenters. The number of aliphatic hydroxyl groups excluding tert-OH is 4. The maximum Gasteiger partial charge on any atom is 0.251 e. The SMILES string of the molecule is O=C(C(=O)[C@H](O)CO)c1cnc(CC(=O)[C@H](O)CO)cn1. The number of carbonyl (C=O) groups excluding carboxylic acids is 3. The van der Waals surface area contributed by atoms with Gasteiger partial charge in [-0.05, 0) is 0 Å². The quantitative estimate of drug-likeness (QED) is 0.291. The minimum atomic E-state index is -1.82. The number of hydrogen-bond acceptors (Lipinski definition) is 9. The van der Waals surface area contributed by atoms with E-state index < -0.39 is 42.8 Å². The molecular formula is C12H14N2O7. The average Bonchev–Trinajstić information content (AvgIpc) is 2.52. The lowest BCUT2D eigenvalue weighted by molar-refractivity contribution is -0.128. The highest BCUT2D eigenvalue weighted by atomic mass is 16.3. The van der Waals surface area contributed by atoms with E-state index >= 15 is 0 Å². The molecule has 0 saturated heterocycles. The zero-order valence-corrected chi connectivity index (χ0v) is 10.8. The Morgan fingerprint density at radius 2 is 1.62 bits per heavy atom. The molecule has 0 radical (unpaired) electrons. The fourth-order valence-corrected chi connectivity index (χ4v) is 1.32. The van der Waals surface area contributed by atoms with E-state index in [1.54, 1.807) is 0 Å². The highest BCUT2D eigenvalue weighted by Crippen LogP contribution is 2.02. The number of hydrogen-bond donors (Lipinski definition) is 4. The van der Waals surface area contributed by atoms with Gasteiger partial charge in [0.05, 0.1) is 31.5 Å². The Morgan fingerprint density at radius 1 is 1.00 bits per heavy atom. The van der Waals surface area contributed by atoms with E-state index in [-0.39, 0.29) is 17.8 Å². The molecule has 1 rings (SSSR count). The molecule has 0 spiro atoms. The molecule has 0 amide bonds. The first kappa shape index (κ1) is 17.0. The van der Waals surface area contributed by atoms with E-state index in [0.29, 0.717) is 0 Å². The van der Waals surface area contributed by atoms with Gasteiger partial charge in [-0.3, -0.25) is 19.4 Å². The van der Waals surface area contributed by atoms with Crippen LogP contribution in [0.15, 0.2) is 12.4 Å². The minimum absolute atomic E-state index is 0.138. The van der Waals surface area contributed by atoms with Crippen molar-refractivity contribution < 1.29 is 34.8 Å². The second-order valence-corrected chi connectivity index (χ2v) is 4.13. The summed E-state index contributed by atoms with van der Waals surface area (Å²) in [7, 11) is 0. The monoisotopic (exact) mass is 298 g/mol. The minimum Gasteiger partial charge on any atom is -0.393 e. The number of Topliss-reactive ketones (excluding diaryl/α,β-unsaturated/α-hetero) is 3. The Kier molecular flexibility index (Phi) is 6.18. The number of aliphatic hydroxyl groups is 4. The average molecular weight is 298 g/mol. The van der Waals surface area contributed by atoms with Crippen molar-refractivity contribution in [2.45, 2.75) is 18.6 Å². The normalized spacial score (nSPS) is 13.5. The van der Waals surface area contributed by atoms with Crippen LogP contribution in [0.2, 0.25) is 0 Å². The summed E-state index contributed by atoms with van der Waals surface area (Å²) < 4.78 is 0. The number of rotatable bonds is 8. The van der Waals surface area contributed by atoms with Crippen LogP contribution in [0.5, 0.6) is 0 Å². The summed E-state index contributed by atoms with van der Waals surface area (Å²) in [6.45, 7) is -1.60. The van der Waals surface area contributed by atoms with Crippen molar-refractivity contribution in [3.8, 4) is 0 Å². The van der Waals surface area contributed by atoms with Gasteiger partial charge < -0.3 is 20.4 Å². The Morgan fingerprint density at radius 3 is 2.10 bits per heavy atom. The van der Waals surface area contributed by atoms with Crippen molar-refractivity contribution >= 4 is 17.3 Å². The molecular weight excluding hydrogens is 284 g/mol. The fraction of sp³-hybridized carbons (Fsp3) is 0.417. The third-order valence-electron chi connectivity index (χ3n) is 2.54. The van der Waals surface area contributed by atoms with Crippen LogP contribution in [-0.4, -0.2) is 73.2 Å². The number of aromatic nitrogens is 2. The summed E-state index contributed by atoms with van der Waals surface area (Å²) in [5.74, 6) is -3.00. The second-order valence-electron chi connectivity index (χ2n) is 4.13. The van der Waals surface area contributed by atoms with E-state index in [1.807, 2.05) is 0 Å². The van der Waals surface area contributed by atoms with E-state index in [1.165, 1.54) is 0 Å². The van der Waals surface area contributed by atoms with E-state index in [9.17, 15) is 14.4 Å². The molecule has 9 nitrogen and oxygen atoms in total. The molecule has 1 aromatic heterocycles. The van der Waals surface area contributed by atoms with Crippen molar-refractivity contribution in [1.82, 2.24) is 9.97 Å². The summed E-state index contributed by atoms with van der Waals surface area (Å²) in [6, 6.07) is 0. The van der Waals surface area contributed by atoms with Crippen LogP contribution in [0.1, 0.15) is 16.2 Å². The number of ketones is 3. The van der Waals surface area contributed by atoms with Crippen LogP contribution in [0.25, 0.3) is 0 Å². The highest BCUT2D eigenvalue weighted by molar-refractivity contribution is 6.44. The van der Waals surface area contributed by atoms with Crippen LogP contribution in [0.4, 0.5) is 0 Å². The largest absolute Gasteiger partial charge is 0.393 e. The molecule has 21 heavy (non-hydrogen) atoms. The van der Waals surface area contributed by atoms with Gasteiger partial charge in [-0.25, -0.2) is 4.98 Å². The van der Waals surface area contributed by atoms with E-state index in [2.05, 4.69) is 9.97 Å². The molecule has 0 fully saturated rings. The van der Waals surface area contributed by atoms with Crippen LogP contribution < -0.4 is 0 Å². The lowest BCUT2D eigenvalue weighted by Gasteiger charge is -2.06. The Balaban J connectivity index is 2.76. The Labute approximate surface area is 118 Å². The number of carbonyl (C=O) groups is 3. The maximum atomic E-state index is 11.6. The zero-order chi connectivity index (χ0) is 16.0. The first-order valence-corrected chi connectivity index (χ1v) is 5.90. The lowest BCUT2D eigenvalue weighted by atomic mass is 10.1. The highest BCUT2D eigenvalue weighted by Gasteiger charge is 2.25. The predicted octanol–water partition coefficient (Wildman–Crippen LogP) is -2.95. The molecule has 0 aliphatic carbocycles. The van der Waals surface area contributed by atoms with Crippen molar-refractivity contribution in [3.05, 3.63) is 23.8 Å². The zero-order valence-electron chi connectivity index (χ0n) is 10.8. The molecule has 0 saturated carbocycles. The molecule has 9 heteroatoms.